The number of amides is 1. The highest BCUT2D eigenvalue weighted by Crippen LogP contribution is 2.13. The summed E-state index contributed by atoms with van der Waals surface area (Å²) in [6.45, 7) is 4.57. The molecule has 0 unspecified atom stereocenters. The minimum atomic E-state index is 0.174. The van der Waals surface area contributed by atoms with Gasteiger partial charge in [-0.25, -0.2) is 0 Å². The Morgan fingerprint density at radius 1 is 1.35 bits per heavy atom. The summed E-state index contributed by atoms with van der Waals surface area (Å²) in [5, 5.41) is 1.95. The van der Waals surface area contributed by atoms with Gasteiger partial charge in [0, 0.05) is 32.1 Å². The Balaban J connectivity index is 1.92. The summed E-state index contributed by atoms with van der Waals surface area (Å²) in [7, 11) is 0. The fraction of sp³-hybridized carbons (Fsp3) is 0.583. The molecule has 0 spiro atoms. The molecule has 1 fully saturated rings. The molecule has 5 heteroatoms. The summed E-state index contributed by atoms with van der Waals surface area (Å²) in [6.07, 6.45) is 1.04. The average molecular weight is 273 g/mol. The van der Waals surface area contributed by atoms with Gasteiger partial charge in [-0.3, -0.25) is 4.79 Å². The van der Waals surface area contributed by atoms with Crippen LogP contribution in [0.5, 0.6) is 0 Å². The number of nitrogens with zero attached hydrogens (tertiary/aromatic N) is 2. The highest BCUT2D eigenvalue weighted by molar-refractivity contribution is 7.12. The third kappa shape index (κ3) is 3.44. The molecule has 1 aromatic rings. The number of hydrogen-bond acceptors (Lipinski definition) is 3. The molecular formula is C12H17ClN2OS. The maximum atomic E-state index is 12.2. The van der Waals surface area contributed by atoms with Crippen molar-refractivity contribution in [2.45, 2.75) is 6.42 Å². The largest absolute Gasteiger partial charge is 0.337 e. The second kappa shape index (κ2) is 6.38. The lowest BCUT2D eigenvalue weighted by atomic mass is 10.3. The first kappa shape index (κ1) is 12.9. The van der Waals surface area contributed by atoms with Crippen LogP contribution in [0, 0.1) is 0 Å². The number of alkyl halides is 1. The molecule has 0 aromatic carbocycles. The number of carbonyl (C=O) groups is 1. The molecular weight excluding hydrogens is 256 g/mol. The average Bonchev–Trinajstić information content (AvgIpc) is 2.76. The van der Waals surface area contributed by atoms with Crippen LogP contribution in [-0.2, 0) is 0 Å². The van der Waals surface area contributed by atoms with E-state index in [2.05, 4.69) is 4.90 Å². The predicted octanol–water partition coefficient (Wildman–Crippen LogP) is 2.13. The molecule has 94 valence electrons. The topological polar surface area (TPSA) is 23.6 Å². The van der Waals surface area contributed by atoms with Crippen LogP contribution in [0.15, 0.2) is 17.5 Å². The molecule has 17 heavy (non-hydrogen) atoms. The number of halogens is 1. The smallest absolute Gasteiger partial charge is 0.263 e. The van der Waals surface area contributed by atoms with Gasteiger partial charge in [0.25, 0.3) is 5.91 Å². The van der Waals surface area contributed by atoms with Crippen molar-refractivity contribution in [2.75, 3.05) is 38.6 Å². The van der Waals surface area contributed by atoms with Gasteiger partial charge in [0.2, 0.25) is 0 Å². The Morgan fingerprint density at radius 3 is 2.94 bits per heavy atom. The summed E-state index contributed by atoms with van der Waals surface area (Å²) in [5.41, 5.74) is 0. The van der Waals surface area contributed by atoms with Gasteiger partial charge in [-0.15, -0.1) is 22.9 Å². The van der Waals surface area contributed by atoms with Crippen LogP contribution < -0.4 is 0 Å². The monoisotopic (exact) mass is 272 g/mol. The SMILES string of the molecule is O=C(c1cccs1)N1CCCN(CCCl)CC1. The van der Waals surface area contributed by atoms with Gasteiger partial charge in [-0.2, -0.15) is 0 Å². The summed E-state index contributed by atoms with van der Waals surface area (Å²) < 4.78 is 0. The first-order valence-electron chi connectivity index (χ1n) is 5.92. The zero-order valence-electron chi connectivity index (χ0n) is 9.77. The normalized spacial score (nSPS) is 18.1. The van der Waals surface area contributed by atoms with E-state index in [-0.39, 0.29) is 5.91 Å². The van der Waals surface area contributed by atoms with Crippen LogP contribution in [0.1, 0.15) is 16.1 Å². The van der Waals surface area contributed by atoms with Crippen molar-refractivity contribution in [3.05, 3.63) is 22.4 Å². The molecule has 0 N–H and O–H groups in total. The molecule has 3 nitrogen and oxygen atoms in total. The van der Waals surface area contributed by atoms with Crippen molar-refractivity contribution >= 4 is 28.8 Å². The van der Waals surface area contributed by atoms with Crippen LogP contribution >= 0.6 is 22.9 Å². The minimum Gasteiger partial charge on any atom is -0.337 e. The Hall–Kier alpha value is -0.580. The van der Waals surface area contributed by atoms with Crippen LogP contribution in [0.3, 0.4) is 0 Å². The van der Waals surface area contributed by atoms with Gasteiger partial charge in [-0.05, 0) is 24.4 Å². The molecule has 2 rings (SSSR count). The lowest BCUT2D eigenvalue weighted by Crippen LogP contribution is -2.35. The zero-order chi connectivity index (χ0) is 12.1. The highest BCUT2D eigenvalue weighted by Gasteiger charge is 2.20. The van der Waals surface area contributed by atoms with E-state index in [4.69, 9.17) is 11.6 Å². The van der Waals surface area contributed by atoms with E-state index in [9.17, 15) is 4.79 Å². The molecule has 1 aromatic heterocycles. The third-order valence-electron chi connectivity index (χ3n) is 3.01. The maximum Gasteiger partial charge on any atom is 0.263 e. The van der Waals surface area contributed by atoms with Gasteiger partial charge in [-0.1, -0.05) is 6.07 Å². The molecule has 0 radical (unpaired) electrons. The summed E-state index contributed by atoms with van der Waals surface area (Å²) >= 11 is 7.26. The van der Waals surface area contributed by atoms with Crippen molar-refractivity contribution in [2.24, 2.45) is 0 Å². The lowest BCUT2D eigenvalue weighted by Gasteiger charge is -2.20. The molecule has 1 aliphatic heterocycles. The zero-order valence-corrected chi connectivity index (χ0v) is 11.3. The van der Waals surface area contributed by atoms with E-state index < -0.39 is 0 Å². The minimum absolute atomic E-state index is 0.174. The van der Waals surface area contributed by atoms with E-state index >= 15 is 0 Å². The molecule has 0 atom stereocenters. The quantitative estimate of drug-likeness (QED) is 0.787. The van der Waals surface area contributed by atoms with Crippen molar-refractivity contribution < 1.29 is 4.79 Å². The number of carbonyl (C=O) groups excluding carboxylic acids is 1. The first-order chi connectivity index (χ1) is 8.31. The van der Waals surface area contributed by atoms with Gasteiger partial charge in [0.05, 0.1) is 4.88 Å². The Bertz CT molecular complexity index is 355. The van der Waals surface area contributed by atoms with Crippen LogP contribution in [-0.4, -0.2) is 54.3 Å². The van der Waals surface area contributed by atoms with Gasteiger partial charge in [0.15, 0.2) is 0 Å². The number of hydrogen-bond donors (Lipinski definition) is 0. The van der Waals surface area contributed by atoms with E-state index in [1.807, 2.05) is 22.4 Å². The van der Waals surface area contributed by atoms with Crippen molar-refractivity contribution in [3.63, 3.8) is 0 Å². The van der Waals surface area contributed by atoms with Crippen molar-refractivity contribution in [1.82, 2.24) is 9.80 Å². The summed E-state index contributed by atoms with van der Waals surface area (Å²) in [4.78, 5) is 17.3. The van der Waals surface area contributed by atoms with Crippen molar-refractivity contribution in [3.8, 4) is 0 Å². The molecule has 1 aliphatic rings. The molecule has 0 aliphatic carbocycles. The molecule has 0 saturated carbocycles. The van der Waals surface area contributed by atoms with Crippen LogP contribution in [0.2, 0.25) is 0 Å². The van der Waals surface area contributed by atoms with E-state index in [1.165, 1.54) is 11.3 Å². The van der Waals surface area contributed by atoms with Gasteiger partial charge >= 0.3 is 0 Å². The standard InChI is InChI=1S/C12H17ClN2OS/c13-4-7-14-5-2-6-15(9-8-14)12(16)11-3-1-10-17-11/h1,3,10H,2,4-9H2. The second-order valence-electron chi connectivity index (χ2n) is 4.15. The van der Waals surface area contributed by atoms with E-state index in [0.717, 1.165) is 44.0 Å². The van der Waals surface area contributed by atoms with Gasteiger partial charge in [0.1, 0.15) is 0 Å². The fourth-order valence-corrected chi connectivity index (χ4v) is 3.00. The third-order valence-corrected chi connectivity index (χ3v) is 4.04. The van der Waals surface area contributed by atoms with E-state index in [1.54, 1.807) is 0 Å². The molecule has 2 heterocycles. The number of rotatable bonds is 3. The predicted molar refractivity (Wildman–Crippen MR) is 72.0 cm³/mol. The van der Waals surface area contributed by atoms with E-state index in [0.29, 0.717) is 5.88 Å². The fourth-order valence-electron chi connectivity index (χ4n) is 2.07. The Morgan fingerprint density at radius 2 is 2.24 bits per heavy atom. The second-order valence-corrected chi connectivity index (χ2v) is 5.48. The first-order valence-corrected chi connectivity index (χ1v) is 7.34. The van der Waals surface area contributed by atoms with Crippen LogP contribution in [0.4, 0.5) is 0 Å². The van der Waals surface area contributed by atoms with Crippen molar-refractivity contribution in [1.29, 1.82) is 0 Å². The molecule has 1 amide bonds. The van der Waals surface area contributed by atoms with Crippen LogP contribution in [0.25, 0.3) is 0 Å². The van der Waals surface area contributed by atoms with Gasteiger partial charge < -0.3 is 9.80 Å². The lowest BCUT2D eigenvalue weighted by molar-refractivity contribution is 0.0766. The Labute approximate surface area is 111 Å². The Kier molecular flexibility index (Phi) is 4.83. The summed E-state index contributed by atoms with van der Waals surface area (Å²) in [5.74, 6) is 0.839. The number of thiophene rings is 1. The maximum absolute atomic E-state index is 12.2. The summed E-state index contributed by atoms with van der Waals surface area (Å²) in [6, 6.07) is 3.82. The molecule has 0 bridgehead atoms. The highest BCUT2D eigenvalue weighted by atomic mass is 35.5. The molecule has 1 saturated heterocycles.